The number of sulfonamides is 1. The van der Waals surface area contributed by atoms with Crippen LogP contribution in [-0.2, 0) is 14.8 Å². The molecule has 7 heteroatoms. The summed E-state index contributed by atoms with van der Waals surface area (Å²) in [6, 6.07) is 18.7. The molecule has 3 fully saturated rings. The van der Waals surface area contributed by atoms with Crippen LogP contribution in [0.1, 0.15) is 33.1 Å². The average Bonchev–Trinajstić information content (AvgIpc) is 3.23. The molecule has 0 aromatic heterocycles. The van der Waals surface area contributed by atoms with Crippen LogP contribution in [0.2, 0.25) is 0 Å². The minimum absolute atomic E-state index is 0.0643. The molecule has 162 valence electrons. The van der Waals surface area contributed by atoms with Crippen LogP contribution >= 0.6 is 0 Å². The summed E-state index contributed by atoms with van der Waals surface area (Å²) in [6.07, 6.45) is 3.84. The molecule has 2 aliphatic carbocycles. The number of amides is 1. The largest absolute Gasteiger partial charge is 0.280 e. The van der Waals surface area contributed by atoms with E-state index in [0.29, 0.717) is 5.92 Å². The zero-order valence-corrected chi connectivity index (χ0v) is 18.6. The second-order valence-electron chi connectivity index (χ2n) is 9.48. The summed E-state index contributed by atoms with van der Waals surface area (Å²) in [5, 5.41) is 6.09. The van der Waals surface area contributed by atoms with E-state index in [2.05, 4.69) is 18.9 Å². The average molecular weight is 438 g/mol. The summed E-state index contributed by atoms with van der Waals surface area (Å²) < 4.78 is 27.3. The topological polar surface area (TPSA) is 70.0 Å². The van der Waals surface area contributed by atoms with E-state index in [1.165, 1.54) is 0 Å². The fraction of sp³-hybridized carbons (Fsp3) is 0.417. The van der Waals surface area contributed by atoms with Crippen molar-refractivity contribution in [3.8, 4) is 0 Å². The summed E-state index contributed by atoms with van der Waals surface area (Å²) in [4.78, 5) is 13.2. The van der Waals surface area contributed by atoms with Crippen LogP contribution in [0.15, 0.2) is 65.8 Å². The summed E-state index contributed by atoms with van der Waals surface area (Å²) in [5.74, 6) is -0.0260. The predicted octanol–water partition coefficient (Wildman–Crippen LogP) is 4.18. The highest BCUT2D eigenvalue weighted by molar-refractivity contribution is 7.90. The molecule has 1 spiro atoms. The maximum Gasteiger partial charge on any atom is 0.280 e. The molecule has 1 amide bonds. The van der Waals surface area contributed by atoms with Gasteiger partial charge in [0.05, 0.1) is 23.2 Å². The van der Waals surface area contributed by atoms with Crippen molar-refractivity contribution in [3.05, 3.63) is 60.7 Å². The number of nitrogens with zero attached hydrogens (tertiary/aromatic N) is 3. The summed E-state index contributed by atoms with van der Waals surface area (Å²) in [5.41, 5.74) is 1.18. The fourth-order valence-electron chi connectivity index (χ4n) is 6.16. The van der Waals surface area contributed by atoms with Gasteiger partial charge in [-0.2, -0.15) is 5.10 Å². The lowest BCUT2D eigenvalue weighted by Crippen LogP contribution is -2.44. The van der Waals surface area contributed by atoms with Crippen molar-refractivity contribution in [2.24, 2.45) is 21.8 Å². The van der Waals surface area contributed by atoms with E-state index >= 15 is 0 Å². The Hall–Kier alpha value is -2.67. The number of fused-ring (bicyclic) bond motifs is 1. The minimum atomic E-state index is -3.66. The van der Waals surface area contributed by atoms with Crippen LogP contribution in [0.4, 0.5) is 11.4 Å². The van der Waals surface area contributed by atoms with Crippen molar-refractivity contribution in [1.29, 1.82) is 0 Å². The molecule has 1 aliphatic heterocycles. The van der Waals surface area contributed by atoms with Crippen molar-refractivity contribution in [1.82, 2.24) is 4.31 Å². The highest BCUT2D eigenvalue weighted by atomic mass is 32.2. The smallest absolute Gasteiger partial charge is 0.267 e. The van der Waals surface area contributed by atoms with Gasteiger partial charge < -0.3 is 0 Å². The van der Waals surface area contributed by atoms with E-state index < -0.39 is 15.9 Å². The molecule has 2 aromatic rings. The Morgan fingerprint density at radius 1 is 1.06 bits per heavy atom. The lowest BCUT2D eigenvalue weighted by molar-refractivity contribution is -0.121. The van der Waals surface area contributed by atoms with Crippen molar-refractivity contribution in [2.45, 2.75) is 39.2 Å². The molecular formula is C24H27N3O3S. The predicted molar refractivity (Wildman–Crippen MR) is 121 cm³/mol. The zero-order chi connectivity index (χ0) is 21.9. The Labute approximate surface area is 183 Å². The molecule has 3 aliphatic rings. The molecule has 6 nitrogen and oxygen atoms in total. The highest BCUT2D eigenvalue weighted by Gasteiger charge is 2.72. The van der Waals surface area contributed by atoms with E-state index in [1.54, 1.807) is 5.01 Å². The molecule has 0 unspecified atom stereocenters. The monoisotopic (exact) mass is 437 g/mol. The summed E-state index contributed by atoms with van der Waals surface area (Å²) >= 11 is 0. The van der Waals surface area contributed by atoms with Crippen molar-refractivity contribution >= 4 is 33.5 Å². The van der Waals surface area contributed by atoms with E-state index in [4.69, 9.17) is 0 Å². The van der Waals surface area contributed by atoms with Gasteiger partial charge in [0, 0.05) is 5.41 Å². The van der Waals surface area contributed by atoms with Crippen LogP contribution in [0.3, 0.4) is 0 Å². The normalized spacial score (nSPS) is 29.9. The van der Waals surface area contributed by atoms with E-state index in [-0.39, 0.29) is 22.6 Å². The second kappa shape index (κ2) is 6.92. The number of hydrazone groups is 1. The van der Waals surface area contributed by atoms with E-state index in [1.807, 2.05) is 60.7 Å². The fourth-order valence-corrected chi connectivity index (χ4v) is 8.66. The maximum atomic E-state index is 13.2. The van der Waals surface area contributed by atoms with E-state index in [9.17, 15) is 13.2 Å². The molecule has 5 rings (SSSR count). The first-order chi connectivity index (χ1) is 14.8. The lowest BCUT2D eigenvalue weighted by atomic mass is 9.69. The molecule has 0 radical (unpaired) electrons. The van der Waals surface area contributed by atoms with Gasteiger partial charge in [-0.15, -0.1) is 0 Å². The molecule has 0 N–H and O–H groups in total. The molecule has 2 bridgehead atoms. The maximum absolute atomic E-state index is 13.2. The zero-order valence-electron chi connectivity index (χ0n) is 17.8. The molecule has 2 saturated carbocycles. The Morgan fingerprint density at radius 3 is 2.19 bits per heavy atom. The molecule has 3 atom stereocenters. The van der Waals surface area contributed by atoms with Gasteiger partial charge in [-0.25, -0.2) is 17.7 Å². The molecule has 1 heterocycles. The highest BCUT2D eigenvalue weighted by Crippen LogP contribution is 2.69. The van der Waals surface area contributed by atoms with Crippen LogP contribution in [-0.4, -0.2) is 36.6 Å². The number of para-hydroxylation sites is 2. The van der Waals surface area contributed by atoms with Gasteiger partial charge in [0.15, 0.2) is 0 Å². The number of rotatable bonds is 4. The van der Waals surface area contributed by atoms with Crippen LogP contribution in [0.5, 0.6) is 0 Å². The van der Waals surface area contributed by atoms with Crippen molar-refractivity contribution in [2.75, 3.05) is 10.8 Å². The van der Waals surface area contributed by atoms with Gasteiger partial charge in [-0.05, 0) is 54.9 Å². The Bertz CT molecular complexity index is 1090. The lowest BCUT2D eigenvalue weighted by Gasteiger charge is -2.36. The number of carbonyl (C=O) groups excluding carboxylic acids is 1. The number of anilines is 2. The molecule has 31 heavy (non-hydrogen) atoms. The molecule has 2 aromatic carbocycles. The first-order valence-electron chi connectivity index (χ1n) is 10.8. The van der Waals surface area contributed by atoms with Crippen LogP contribution in [0.25, 0.3) is 0 Å². The SMILES string of the molecule is CC1(C)[C@H]2CC[C@@]13CS(=O)(=O)N(C(=O)/C=N/N(c1ccccc1)c1ccccc1)[C@H]3C2. The van der Waals surface area contributed by atoms with Gasteiger partial charge in [0.1, 0.15) is 6.21 Å². The Kier molecular flexibility index (Phi) is 4.52. The van der Waals surface area contributed by atoms with Gasteiger partial charge in [0.2, 0.25) is 10.0 Å². The Morgan fingerprint density at radius 2 is 1.65 bits per heavy atom. The second-order valence-corrected chi connectivity index (χ2v) is 11.3. The number of carbonyl (C=O) groups is 1. The van der Waals surface area contributed by atoms with Crippen LogP contribution < -0.4 is 5.01 Å². The summed E-state index contributed by atoms with van der Waals surface area (Å²) in [7, 11) is -3.66. The quantitative estimate of drug-likeness (QED) is 0.532. The minimum Gasteiger partial charge on any atom is -0.267 e. The van der Waals surface area contributed by atoms with Crippen molar-refractivity contribution < 1.29 is 13.2 Å². The van der Waals surface area contributed by atoms with Crippen LogP contribution in [0, 0.1) is 16.7 Å². The van der Waals surface area contributed by atoms with Gasteiger partial charge in [-0.1, -0.05) is 50.2 Å². The first-order valence-corrected chi connectivity index (χ1v) is 12.4. The number of hydrogen-bond donors (Lipinski definition) is 0. The molecule has 1 saturated heterocycles. The van der Waals surface area contributed by atoms with Gasteiger partial charge >= 0.3 is 0 Å². The van der Waals surface area contributed by atoms with Crippen molar-refractivity contribution in [3.63, 3.8) is 0 Å². The third-order valence-electron chi connectivity index (χ3n) is 7.91. The van der Waals surface area contributed by atoms with E-state index in [0.717, 1.165) is 41.2 Å². The third-order valence-corrected chi connectivity index (χ3v) is 9.83. The summed E-state index contributed by atoms with van der Waals surface area (Å²) in [6.45, 7) is 4.35. The van der Waals surface area contributed by atoms with Gasteiger partial charge in [-0.3, -0.25) is 4.79 Å². The number of benzene rings is 2. The Balaban J connectivity index is 1.48. The number of hydrogen-bond acceptors (Lipinski definition) is 5. The van der Waals surface area contributed by atoms with Gasteiger partial charge in [0.25, 0.3) is 5.91 Å². The first kappa shape index (κ1) is 20.2. The standard InChI is InChI=1S/C24H27N3O3S/c1-23(2)18-13-14-24(23)17-31(29,30)27(21(24)15-18)22(28)16-25-26(19-9-5-3-6-10-19)20-11-7-4-8-12-20/h3-12,16,18,21H,13-15,17H2,1-2H3/b25-16+/t18-,21-,24-/m0/s1. The molecular weight excluding hydrogens is 410 g/mol. The third kappa shape index (κ3) is 2.93.